The van der Waals surface area contributed by atoms with Crippen LogP contribution < -0.4 is 0 Å². The Morgan fingerprint density at radius 1 is 1.50 bits per heavy atom. The lowest BCUT2D eigenvalue weighted by atomic mass is 10.2. The van der Waals surface area contributed by atoms with Crippen LogP contribution in [0.3, 0.4) is 0 Å². The van der Waals surface area contributed by atoms with Gasteiger partial charge in [-0.3, -0.25) is 4.79 Å². The van der Waals surface area contributed by atoms with Gasteiger partial charge in [0.15, 0.2) is 0 Å². The van der Waals surface area contributed by atoms with Gasteiger partial charge >= 0.3 is 5.97 Å². The van der Waals surface area contributed by atoms with Crippen molar-refractivity contribution in [2.45, 2.75) is 20.0 Å². The molecule has 84 valence electrons. The number of hydrogen-bond acceptors (Lipinski definition) is 4. The van der Waals surface area contributed by atoms with Crippen LogP contribution in [-0.4, -0.2) is 47.0 Å². The molecule has 0 bridgehead atoms. The highest BCUT2D eigenvalue weighted by molar-refractivity contribution is 7.99. The molecule has 14 heavy (non-hydrogen) atoms. The van der Waals surface area contributed by atoms with Crippen molar-refractivity contribution in [3.8, 4) is 0 Å². The fraction of sp³-hybridized carbons (Fsp3) is 0.889. The van der Waals surface area contributed by atoms with Crippen molar-refractivity contribution >= 4 is 17.7 Å². The topological polar surface area (TPSA) is 66.8 Å². The third-order valence-electron chi connectivity index (χ3n) is 1.61. The lowest BCUT2D eigenvalue weighted by molar-refractivity contribution is -0.140. The minimum atomic E-state index is -0.795. The first-order valence-electron chi connectivity index (χ1n) is 4.64. The van der Waals surface area contributed by atoms with Gasteiger partial charge in [0, 0.05) is 18.1 Å². The summed E-state index contributed by atoms with van der Waals surface area (Å²) in [5, 5.41) is 17.9. The van der Waals surface area contributed by atoms with E-state index in [0.29, 0.717) is 24.7 Å². The van der Waals surface area contributed by atoms with E-state index in [4.69, 9.17) is 9.84 Å². The van der Waals surface area contributed by atoms with Crippen LogP contribution in [0.25, 0.3) is 0 Å². The maximum absolute atomic E-state index is 10.4. The van der Waals surface area contributed by atoms with Gasteiger partial charge in [-0.25, -0.2) is 0 Å². The first-order chi connectivity index (χ1) is 6.57. The molecule has 0 fully saturated rings. The molecule has 0 aromatic carbocycles. The van der Waals surface area contributed by atoms with E-state index >= 15 is 0 Å². The van der Waals surface area contributed by atoms with E-state index in [-0.39, 0.29) is 5.92 Å². The first-order valence-corrected chi connectivity index (χ1v) is 5.79. The molecule has 0 amide bonds. The molecule has 2 N–H and O–H groups in total. The van der Waals surface area contributed by atoms with Crippen molar-refractivity contribution in [3.05, 3.63) is 0 Å². The molecule has 0 spiro atoms. The first kappa shape index (κ1) is 13.7. The molecule has 0 aliphatic heterocycles. The smallest absolute Gasteiger partial charge is 0.307 e. The van der Waals surface area contributed by atoms with Crippen LogP contribution >= 0.6 is 11.8 Å². The molecule has 0 aromatic rings. The van der Waals surface area contributed by atoms with Crippen LogP contribution in [0.15, 0.2) is 0 Å². The normalized spacial score (nSPS) is 15.1. The van der Waals surface area contributed by atoms with Gasteiger partial charge in [0.1, 0.15) is 0 Å². The Morgan fingerprint density at radius 3 is 2.64 bits per heavy atom. The number of ether oxygens (including phenoxy) is 1. The maximum atomic E-state index is 10.4. The molecule has 5 heteroatoms. The Bertz CT molecular complexity index is 163. The van der Waals surface area contributed by atoms with Gasteiger partial charge in [-0.05, 0) is 6.92 Å². The molecule has 0 saturated carbocycles. The van der Waals surface area contributed by atoms with Crippen molar-refractivity contribution in [1.29, 1.82) is 0 Å². The quantitative estimate of drug-likeness (QED) is 0.637. The largest absolute Gasteiger partial charge is 0.481 e. The number of carboxylic acid groups (broad SMARTS) is 1. The highest BCUT2D eigenvalue weighted by Crippen LogP contribution is 2.10. The lowest BCUT2D eigenvalue weighted by Gasteiger charge is -2.11. The Morgan fingerprint density at radius 2 is 2.14 bits per heavy atom. The number of aliphatic hydroxyl groups excluding tert-OH is 1. The van der Waals surface area contributed by atoms with Crippen molar-refractivity contribution in [2.75, 3.05) is 24.7 Å². The zero-order chi connectivity index (χ0) is 11.0. The number of hydrogen-bond donors (Lipinski definition) is 2. The fourth-order valence-corrected chi connectivity index (χ4v) is 1.75. The summed E-state index contributed by atoms with van der Waals surface area (Å²) in [6.45, 7) is 4.44. The summed E-state index contributed by atoms with van der Waals surface area (Å²) >= 11 is 1.44. The van der Waals surface area contributed by atoms with E-state index in [0.717, 1.165) is 0 Å². The van der Waals surface area contributed by atoms with E-state index in [1.165, 1.54) is 11.8 Å². The van der Waals surface area contributed by atoms with Gasteiger partial charge < -0.3 is 14.9 Å². The molecule has 2 atom stereocenters. The fourth-order valence-electron chi connectivity index (χ4n) is 0.754. The molecule has 0 aliphatic rings. The lowest BCUT2D eigenvalue weighted by Crippen LogP contribution is -2.20. The number of thioether (sulfide) groups is 1. The summed E-state index contributed by atoms with van der Waals surface area (Å²) < 4.78 is 5.02. The van der Waals surface area contributed by atoms with Crippen molar-refractivity contribution in [3.63, 3.8) is 0 Å². The van der Waals surface area contributed by atoms with Crippen LogP contribution in [-0.2, 0) is 9.53 Å². The monoisotopic (exact) mass is 222 g/mol. The summed E-state index contributed by atoms with van der Waals surface area (Å²) in [6.07, 6.45) is -0.499. The summed E-state index contributed by atoms with van der Waals surface area (Å²) in [5.74, 6) is -0.105. The summed E-state index contributed by atoms with van der Waals surface area (Å²) in [6, 6.07) is 0. The molecule has 2 unspecified atom stereocenters. The third kappa shape index (κ3) is 7.17. The minimum Gasteiger partial charge on any atom is -0.481 e. The molecule has 0 aliphatic carbocycles. The standard InChI is InChI=1S/C9H18O4S/c1-3-13-4-8(10)6-14-5-7(2)9(11)12/h7-8,10H,3-6H2,1-2H3,(H,11,12). The van der Waals surface area contributed by atoms with Gasteiger partial charge in [0.05, 0.1) is 18.6 Å². The SMILES string of the molecule is CCOCC(O)CSCC(C)C(=O)O. The maximum Gasteiger partial charge on any atom is 0.307 e. The van der Waals surface area contributed by atoms with Crippen molar-refractivity contribution < 1.29 is 19.7 Å². The average molecular weight is 222 g/mol. The van der Waals surface area contributed by atoms with Crippen molar-refractivity contribution in [1.82, 2.24) is 0 Å². The van der Waals surface area contributed by atoms with Gasteiger partial charge in [-0.15, -0.1) is 0 Å². The van der Waals surface area contributed by atoms with Crippen LogP contribution in [0.2, 0.25) is 0 Å². The molecule has 0 aromatic heterocycles. The molecule has 4 nitrogen and oxygen atoms in total. The second kappa shape index (κ2) is 8.08. The van der Waals surface area contributed by atoms with Gasteiger partial charge in [0.25, 0.3) is 0 Å². The third-order valence-corrected chi connectivity index (χ3v) is 2.97. The number of carboxylic acids is 1. The predicted octanol–water partition coefficient (Wildman–Crippen LogP) is 0.838. The van der Waals surface area contributed by atoms with Crippen molar-refractivity contribution in [2.24, 2.45) is 5.92 Å². The van der Waals surface area contributed by atoms with Gasteiger partial charge in [-0.2, -0.15) is 11.8 Å². The zero-order valence-electron chi connectivity index (χ0n) is 8.60. The number of rotatable bonds is 8. The Balaban J connectivity index is 3.39. The molecular weight excluding hydrogens is 204 g/mol. The van der Waals surface area contributed by atoms with E-state index in [1.807, 2.05) is 6.92 Å². The second-order valence-electron chi connectivity index (χ2n) is 3.09. The summed E-state index contributed by atoms with van der Waals surface area (Å²) in [5.41, 5.74) is 0. The Hall–Kier alpha value is -0.260. The van der Waals surface area contributed by atoms with E-state index in [9.17, 15) is 9.90 Å². The zero-order valence-corrected chi connectivity index (χ0v) is 9.42. The minimum absolute atomic E-state index is 0.324. The Labute approximate surface area is 88.6 Å². The molecule has 0 rings (SSSR count). The number of aliphatic carboxylic acids is 1. The van der Waals surface area contributed by atoms with Crippen LogP contribution in [0.4, 0.5) is 0 Å². The van der Waals surface area contributed by atoms with Crippen LogP contribution in [0.5, 0.6) is 0 Å². The van der Waals surface area contributed by atoms with Crippen LogP contribution in [0.1, 0.15) is 13.8 Å². The highest BCUT2D eigenvalue weighted by atomic mass is 32.2. The summed E-state index contributed by atoms with van der Waals surface area (Å²) in [7, 11) is 0. The molecular formula is C9H18O4S. The molecule has 0 saturated heterocycles. The van der Waals surface area contributed by atoms with Crippen LogP contribution in [0, 0.1) is 5.92 Å². The Kier molecular flexibility index (Phi) is 7.93. The average Bonchev–Trinajstić information content (AvgIpc) is 2.14. The number of aliphatic hydroxyl groups is 1. The molecule has 0 radical (unpaired) electrons. The van der Waals surface area contributed by atoms with E-state index < -0.39 is 12.1 Å². The number of carbonyl (C=O) groups is 1. The molecule has 0 heterocycles. The predicted molar refractivity (Wildman–Crippen MR) is 56.6 cm³/mol. The highest BCUT2D eigenvalue weighted by Gasteiger charge is 2.12. The second-order valence-corrected chi connectivity index (χ2v) is 4.16. The van der Waals surface area contributed by atoms with Gasteiger partial charge in [-0.1, -0.05) is 6.92 Å². The summed E-state index contributed by atoms with van der Waals surface area (Å²) in [4.78, 5) is 10.4. The van der Waals surface area contributed by atoms with Gasteiger partial charge in [0.2, 0.25) is 0 Å². The van der Waals surface area contributed by atoms with E-state index in [2.05, 4.69) is 0 Å². The van der Waals surface area contributed by atoms with E-state index in [1.54, 1.807) is 6.92 Å².